The van der Waals surface area contributed by atoms with Crippen LogP contribution in [0.5, 0.6) is 0 Å². The van der Waals surface area contributed by atoms with Crippen LogP contribution in [0, 0.1) is 3.57 Å². The summed E-state index contributed by atoms with van der Waals surface area (Å²) >= 11 is 10.6. The molecule has 0 aliphatic carbocycles. The summed E-state index contributed by atoms with van der Waals surface area (Å²) in [5.41, 5.74) is 0.820. The highest BCUT2D eigenvalue weighted by atomic mass is 127. The van der Waals surface area contributed by atoms with Crippen LogP contribution in [-0.4, -0.2) is 27.6 Å². The zero-order valence-corrected chi connectivity index (χ0v) is 19.6. The Balaban J connectivity index is 1.38. The van der Waals surface area contributed by atoms with Crippen molar-refractivity contribution in [3.8, 4) is 0 Å². The number of nitrogens with zero attached hydrogens (tertiary/aromatic N) is 1. The Morgan fingerprint density at radius 2 is 1.96 bits per heavy atom. The summed E-state index contributed by atoms with van der Waals surface area (Å²) in [6.45, 7) is 0.602. The number of thiocarbonyl (C=S) groups is 1. The number of hydrogen-bond acceptors (Lipinski definition) is 5. The van der Waals surface area contributed by atoms with Gasteiger partial charge in [0.25, 0.3) is 5.91 Å². The Morgan fingerprint density at radius 3 is 2.68 bits per heavy atom. The van der Waals surface area contributed by atoms with E-state index in [9.17, 15) is 9.59 Å². The van der Waals surface area contributed by atoms with Crippen LogP contribution in [0.1, 0.15) is 30.6 Å². The molecule has 1 aromatic heterocycles. The van der Waals surface area contributed by atoms with Crippen molar-refractivity contribution in [2.24, 2.45) is 0 Å². The predicted octanol–water partition coefficient (Wildman–Crippen LogP) is 5.75. The van der Waals surface area contributed by atoms with Gasteiger partial charge >= 0.3 is 0 Å². The number of carbonyl (C=O) groups excluding carboxylic acids is 2. The second kappa shape index (κ2) is 10.5. The first-order valence-corrected chi connectivity index (χ1v) is 12.1. The van der Waals surface area contributed by atoms with Crippen molar-refractivity contribution in [1.29, 1.82) is 0 Å². The van der Waals surface area contributed by atoms with Gasteiger partial charge in [-0.3, -0.25) is 14.5 Å². The molecular weight excluding hydrogens is 523 g/mol. The van der Waals surface area contributed by atoms with E-state index in [0.29, 0.717) is 22.2 Å². The molecule has 2 aromatic rings. The SMILES string of the molecule is O=C(CCCCCN1C(=O)/C(=C\c2cccs2)SC1=S)Nc1ccc(I)cc1. The number of benzene rings is 1. The quantitative estimate of drug-likeness (QED) is 0.200. The molecule has 2 amide bonds. The number of amides is 2. The van der Waals surface area contributed by atoms with E-state index in [1.807, 2.05) is 47.9 Å². The number of anilines is 1. The van der Waals surface area contributed by atoms with Crippen molar-refractivity contribution in [1.82, 2.24) is 4.90 Å². The largest absolute Gasteiger partial charge is 0.326 e. The minimum atomic E-state index is -0.0140. The molecule has 4 nitrogen and oxygen atoms in total. The number of nitrogens with one attached hydrogen (secondary N) is 1. The van der Waals surface area contributed by atoms with Gasteiger partial charge in [-0.2, -0.15) is 0 Å². The van der Waals surface area contributed by atoms with Gasteiger partial charge in [0, 0.05) is 27.1 Å². The van der Waals surface area contributed by atoms with E-state index < -0.39 is 0 Å². The van der Waals surface area contributed by atoms with E-state index >= 15 is 0 Å². The van der Waals surface area contributed by atoms with E-state index in [0.717, 1.165) is 33.4 Å². The second-order valence-corrected chi connectivity index (χ2v) is 10.1. The lowest BCUT2D eigenvalue weighted by Crippen LogP contribution is -2.29. The van der Waals surface area contributed by atoms with Gasteiger partial charge < -0.3 is 5.32 Å². The van der Waals surface area contributed by atoms with Crippen LogP contribution in [0.3, 0.4) is 0 Å². The summed E-state index contributed by atoms with van der Waals surface area (Å²) in [6.07, 6.45) is 4.87. The smallest absolute Gasteiger partial charge is 0.266 e. The zero-order chi connectivity index (χ0) is 19.9. The molecule has 1 aliphatic rings. The van der Waals surface area contributed by atoms with Crippen molar-refractivity contribution in [3.05, 3.63) is 55.1 Å². The number of thiophene rings is 1. The van der Waals surface area contributed by atoms with Gasteiger partial charge in [-0.15, -0.1) is 11.3 Å². The molecule has 0 radical (unpaired) electrons. The van der Waals surface area contributed by atoms with Crippen molar-refractivity contribution in [3.63, 3.8) is 0 Å². The summed E-state index contributed by atoms with van der Waals surface area (Å²) in [4.78, 5) is 27.9. The molecule has 1 fully saturated rings. The van der Waals surface area contributed by atoms with Gasteiger partial charge in [-0.25, -0.2) is 0 Å². The minimum absolute atomic E-state index is 0.0140. The monoisotopic (exact) mass is 542 g/mol. The van der Waals surface area contributed by atoms with Crippen molar-refractivity contribution < 1.29 is 9.59 Å². The highest BCUT2D eigenvalue weighted by molar-refractivity contribution is 14.1. The lowest BCUT2D eigenvalue weighted by atomic mass is 10.1. The van der Waals surface area contributed by atoms with Crippen LogP contribution in [-0.2, 0) is 9.59 Å². The fourth-order valence-corrected chi connectivity index (χ4v) is 5.08. The first-order chi connectivity index (χ1) is 13.5. The van der Waals surface area contributed by atoms with Gasteiger partial charge in [0.2, 0.25) is 5.91 Å². The number of carbonyl (C=O) groups is 2. The van der Waals surface area contributed by atoms with Crippen LogP contribution in [0.25, 0.3) is 6.08 Å². The number of halogens is 1. The van der Waals surface area contributed by atoms with Crippen LogP contribution < -0.4 is 5.32 Å². The first kappa shape index (κ1) is 21.5. The fraction of sp³-hybridized carbons (Fsp3) is 0.250. The number of hydrogen-bond donors (Lipinski definition) is 1. The fourth-order valence-electron chi connectivity index (χ4n) is 2.68. The molecule has 1 saturated heterocycles. The standard InChI is InChI=1S/C20H19IN2O2S3/c21-14-7-9-15(10-8-14)22-18(24)6-2-1-3-11-23-19(25)17(28-20(23)26)13-16-5-4-12-27-16/h4-5,7-10,12-13H,1-3,6,11H2,(H,22,24)/b17-13+. The van der Waals surface area contributed by atoms with Crippen LogP contribution in [0.2, 0.25) is 0 Å². The lowest BCUT2D eigenvalue weighted by Gasteiger charge is -2.14. The molecule has 3 rings (SSSR count). The van der Waals surface area contributed by atoms with E-state index in [1.165, 1.54) is 11.8 Å². The van der Waals surface area contributed by atoms with Gasteiger partial charge in [0.05, 0.1) is 4.91 Å². The molecule has 0 unspecified atom stereocenters. The second-order valence-electron chi connectivity index (χ2n) is 6.21. The Bertz CT molecular complexity index is 879. The molecule has 28 heavy (non-hydrogen) atoms. The lowest BCUT2D eigenvalue weighted by molar-refractivity contribution is -0.122. The molecule has 0 bridgehead atoms. The molecule has 1 N–H and O–H groups in total. The molecule has 8 heteroatoms. The van der Waals surface area contributed by atoms with E-state index in [2.05, 4.69) is 27.9 Å². The third-order valence-electron chi connectivity index (χ3n) is 4.10. The van der Waals surface area contributed by atoms with Gasteiger partial charge in [0.15, 0.2) is 0 Å². The molecular formula is C20H19IN2O2S3. The Kier molecular flexibility index (Phi) is 8.07. The summed E-state index contributed by atoms with van der Waals surface area (Å²) in [5, 5.41) is 4.89. The molecule has 1 aromatic carbocycles. The highest BCUT2D eigenvalue weighted by Gasteiger charge is 2.31. The van der Waals surface area contributed by atoms with E-state index in [1.54, 1.807) is 16.2 Å². The highest BCUT2D eigenvalue weighted by Crippen LogP contribution is 2.33. The maximum atomic E-state index is 12.5. The molecule has 0 spiro atoms. The summed E-state index contributed by atoms with van der Waals surface area (Å²) in [5.74, 6) is 0.00514. The third-order valence-corrected chi connectivity index (χ3v) is 7.02. The number of unbranched alkanes of at least 4 members (excludes halogenated alkanes) is 2. The van der Waals surface area contributed by atoms with Crippen LogP contribution in [0.15, 0.2) is 46.7 Å². The van der Waals surface area contributed by atoms with Gasteiger partial charge in [-0.1, -0.05) is 36.5 Å². The van der Waals surface area contributed by atoms with Gasteiger partial charge in [-0.05, 0) is 77.2 Å². The molecule has 0 atom stereocenters. The van der Waals surface area contributed by atoms with E-state index in [4.69, 9.17) is 12.2 Å². The third kappa shape index (κ3) is 6.13. The number of thioether (sulfide) groups is 1. The summed E-state index contributed by atoms with van der Waals surface area (Å²) < 4.78 is 1.75. The average Bonchev–Trinajstić information content (AvgIpc) is 3.27. The zero-order valence-electron chi connectivity index (χ0n) is 15.0. The van der Waals surface area contributed by atoms with Crippen LogP contribution in [0.4, 0.5) is 5.69 Å². The maximum absolute atomic E-state index is 12.5. The molecule has 146 valence electrons. The number of rotatable bonds is 8. The maximum Gasteiger partial charge on any atom is 0.266 e. The van der Waals surface area contributed by atoms with Crippen LogP contribution >= 0.6 is 57.9 Å². The summed E-state index contributed by atoms with van der Waals surface area (Å²) in [6, 6.07) is 11.7. The van der Waals surface area contributed by atoms with Crippen molar-refractivity contribution in [2.45, 2.75) is 25.7 Å². The summed E-state index contributed by atoms with van der Waals surface area (Å²) in [7, 11) is 0. The van der Waals surface area contributed by atoms with E-state index in [-0.39, 0.29) is 11.8 Å². The van der Waals surface area contributed by atoms with Crippen molar-refractivity contribution in [2.75, 3.05) is 11.9 Å². The molecule has 2 heterocycles. The molecule has 1 aliphatic heterocycles. The first-order valence-electron chi connectivity index (χ1n) is 8.87. The van der Waals surface area contributed by atoms with Gasteiger partial charge in [0.1, 0.15) is 4.32 Å². The minimum Gasteiger partial charge on any atom is -0.326 e. The molecule has 0 saturated carbocycles. The Morgan fingerprint density at radius 1 is 1.18 bits per heavy atom. The normalized spacial score (nSPS) is 15.5. The average molecular weight is 542 g/mol. The Labute approximate surface area is 191 Å². The topological polar surface area (TPSA) is 49.4 Å². The Hall–Kier alpha value is -1.23. The van der Waals surface area contributed by atoms with Crippen molar-refractivity contribution >= 4 is 85.8 Å². The predicted molar refractivity (Wildman–Crippen MR) is 130 cm³/mol.